The number of aryl methyl sites for hydroxylation is 1. The lowest BCUT2D eigenvalue weighted by molar-refractivity contribution is -0.384. The van der Waals surface area contributed by atoms with E-state index in [0.717, 1.165) is 17.5 Å². The molecule has 0 amide bonds. The highest BCUT2D eigenvalue weighted by Crippen LogP contribution is 2.20. The normalized spacial score (nSPS) is 10.4. The van der Waals surface area contributed by atoms with Gasteiger partial charge in [0.15, 0.2) is 5.78 Å². The maximum atomic E-state index is 11.9. The molecule has 1 aromatic heterocycles. The van der Waals surface area contributed by atoms with Gasteiger partial charge in [0, 0.05) is 17.7 Å². The van der Waals surface area contributed by atoms with Crippen LogP contribution in [0, 0.1) is 17.0 Å². The van der Waals surface area contributed by atoms with Gasteiger partial charge in [-0.15, -0.1) is 0 Å². The number of nitro benzene ring substituents is 1. The Labute approximate surface area is 113 Å². The summed E-state index contributed by atoms with van der Waals surface area (Å²) < 4.78 is 5.10. The van der Waals surface area contributed by atoms with Crippen LogP contribution in [0.5, 0.6) is 0 Å². The van der Waals surface area contributed by atoms with Crippen LogP contribution in [0.2, 0.25) is 0 Å². The van der Waals surface area contributed by atoms with Crippen molar-refractivity contribution in [2.75, 3.05) is 5.75 Å². The zero-order chi connectivity index (χ0) is 13.8. The summed E-state index contributed by atoms with van der Waals surface area (Å²) in [5, 5.41) is 11.0. The molecule has 0 aliphatic carbocycles. The zero-order valence-electron chi connectivity index (χ0n) is 10.0. The van der Waals surface area contributed by atoms with E-state index in [1.165, 1.54) is 24.5 Å². The Hall–Kier alpha value is -2.15. The summed E-state index contributed by atoms with van der Waals surface area (Å²) in [5.41, 5.74) is 0.957. The summed E-state index contributed by atoms with van der Waals surface area (Å²) in [6.07, 6.45) is 1.50. The fourth-order valence-electron chi connectivity index (χ4n) is 1.40. The maximum Gasteiger partial charge on any atom is 0.270 e. The molecule has 7 heteroatoms. The minimum atomic E-state index is -0.526. The Bertz CT molecular complexity index is 624. The van der Waals surface area contributed by atoms with Crippen LogP contribution in [0.25, 0.3) is 0 Å². The van der Waals surface area contributed by atoms with Crippen molar-refractivity contribution in [2.45, 2.75) is 12.1 Å². The van der Waals surface area contributed by atoms with E-state index >= 15 is 0 Å². The monoisotopic (exact) mass is 278 g/mol. The van der Waals surface area contributed by atoms with Gasteiger partial charge in [-0.25, -0.2) is 4.98 Å². The molecule has 0 aliphatic rings. The van der Waals surface area contributed by atoms with Crippen LogP contribution in [-0.4, -0.2) is 21.4 Å². The highest BCUT2D eigenvalue weighted by molar-refractivity contribution is 7.99. The number of rotatable bonds is 5. The average Bonchev–Trinajstić information content (AvgIpc) is 2.82. The van der Waals surface area contributed by atoms with Crippen molar-refractivity contribution >= 4 is 23.2 Å². The first-order valence-electron chi connectivity index (χ1n) is 5.39. The molecule has 19 heavy (non-hydrogen) atoms. The number of benzene rings is 1. The highest BCUT2D eigenvalue weighted by atomic mass is 32.2. The van der Waals surface area contributed by atoms with Crippen LogP contribution in [0.3, 0.4) is 0 Å². The highest BCUT2D eigenvalue weighted by Gasteiger charge is 2.13. The quantitative estimate of drug-likeness (QED) is 0.362. The molecule has 0 N–H and O–H groups in total. The second-order valence-corrected chi connectivity index (χ2v) is 4.70. The number of Topliss-reactive ketones (excluding diaryl/α,β-unsaturated/α-hetero) is 1. The molecule has 0 fully saturated rings. The molecule has 0 unspecified atom stereocenters. The smallest absolute Gasteiger partial charge is 0.270 e. The lowest BCUT2D eigenvalue weighted by Crippen LogP contribution is -2.03. The third kappa shape index (κ3) is 3.41. The van der Waals surface area contributed by atoms with E-state index in [0.29, 0.717) is 10.8 Å². The van der Waals surface area contributed by atoms with Crippen LogP contribution in [0.15, 0.2) is 40.2 Å². The lowest BCUT2D eigenvalue weighted by atomic mass is 10.1. The molecule has 6 nitrogen and oxygen atoms in total. The van der Waals surface area contributed by atoms with Gasteiger partial charge in [-0.1, -0.05) is 23.9 Å². The number of nitrogens with zero attached hydrogens (tertiary/aromatic N) is 2. The minimum Gasteiger partial charge on any atom is -0.440 e. The van der Waals surface area contributed by atoms with Crippen molar-refractivity contribution in [3.63, 3.8) is 0 Å². The van der Waals surface area contributed by atoms with Gasteiger partial charge in [-0.05, 0) is 6.92 Å². The van der Waals surface area contributed by atoms with Gasteiger partial charge in [0.2, 0.25) is 0 Å². The minimum absolute atomic E-state index is 0.0946. The van der Waals surface area contributed by atoms with Crippen molar-refractivity contribution in [3.05, 3.63) is 51.9 Å². The van der Waals surface area contributed by atoms with E-state index in [4.69, 9.17) is 4.42 Å². The summed E-state index contributed by atoms with van der Waals surface area (Å²) in [7, 11) is 0. The number of carbonyl (C=O) groups excluding carboxylic acids is 1. The van der Waals surface area contributed by atoms with Crippen molar-refractivity contribution < 1.29 is 14.1 Å². The van der Waals surface area contributed by atoms with Gasteiger partial charge in [-0.3, -0.25) is 14.9 Å². The predicted octanol–water partition coefficient (Wildman–Crippen LogP) is 2.87. The molecule has 0 saturated heterocycles. The molecule has 2 rings (SSSR count). The Morgan fingerprint density at radius 3 is 2.95 bits per heavy atom. The summed E-state index contributed by atoms with van der Waals surface area (Å²) in [5.74, 6) is -0.0780. The van der Waals surface area contributed by atoms with Crippen LogP contribution in [-0.2, 0) is 0 Å². The molecule has 0 spiro atoms. The molecule has 1 aromatic carbocycles. The van der Waals surface area contributed by atoms with Gasteiger partial charge < -0.3 is 4.42 Å². The van der Waals surface area contributed by atoms with E-state index in [-0.39, 0.29) is 17.2 Å². The number of aromatic nitrogens is 1. The van der Waals surface area contributed by atoms with Gasteiger partial charge in [-0.2, -0.15) is 0 Å². The Morgan fingerprint density at radius 2 is 2.32 bits per heavy atom. The number of non-ortho nitro benzene ring substituents is 1. The summed E-state index contributed by atoms with van der Waals surface area (Å²) in [6, 6.07) is 5.66. The largest absolute Gasteiger partial charge is 0.440 e. The van der Waals surface area contributed by atoms with Crippen molar-refractivity contribution in [1.82, 2.24) is 4.98 Å². The van der Waals surface area contributed by atoms with Crippen molar-refractivity contribution in [3.8, 4) is 0 Å². The van der Waals surface area contributed by atoms with Gasteiger partial charge in [0.05, 0.1) is 16.4 Å². The van der Waals surface area contributed by atoms with Crippen molar-refractivity contribution in [1.29, 1.82) is 0 Å². The fraction of sp³-hybridized carbons (Fsp3) is 0.167. The predicted molar refractivity (Wildman–Crippen MR) is 69.4 cm³/mol. The number of ketones is 1. The molecule has 0 radical (unpaired) electrons. The molecule has 2 aromatic rings. The van der Waals surface area contributed by atoms with Crippen LogP contribution in [0.4, 0.5) is 5.69 Å². The number of hydrogen-bond donors (Lipinski definition) is 0. The first-order valence-corrected chi connectivity index (χ1v) is 6.37. The first kappa shape index (κ1) is 13.3. The Kier molecular flexibility index (Phi) is 3.96. The molecule has 0 saturated carbocycles. The summed E-state index contributed by atoms with van der Waals surface area (Å²) in [6.45, 7) is 1.79. The number of carbonyl (C=O) groups is 1. The summed E-state index contributed by atoms with van der Waals surface area (Å²) >= 11 is 1.16. The second-order valence-electron chi connectivity index (χ2n) is 3.77. The van der Waals surface area contributed by atoms with Gasteiger partial charge >= 0.3 is 0 Å². The van der Waals surface area contributed by atoms with E-state index in [2.05, 4.69) is 4.98 Å². The Balaban J connectivity index is 2.03. The van der Waals surface area contributed by atoms with Crippen LogP contribution < -0.4 is 0 Å². The Morgan fingerprint density at radius 1 is 1.53 bits per heavy atom. The standard InChI is InChI=1S/C12H10N2O4S/c1-8-6-18-12(13-8)19-7-11(15)9-3-2-4-10(5-9)14(16)17/h2-6H,7H2,1H3. The SMILES string of the molecule is Cc1coc(SCC(=O)c2cccc([N+](=O)[O-])c2)n1. The molecule has 0 bridgehead atoms. The molecule has 0 aliphatic heterocycles. The number of oxazole rings is 1. The third-order valence-corrected chi connectivity index (χ3v) is 3.14. The fourth-order valence-corrected chi connectivity index (χ4v) is 2.15. The molecule has 0 atom stereocenters. The average molecular weight is 278 g/mol. The van der Waals surface area contributed by atoms with E-state index in [9.17, 15) is 14.9 Å². The zero-order valence-corrected chi connectivity index (χ0v) is 10.8. The van der Waals surface area contributed by atoms with E-state index < -0.39 is 4.92 Å². The number of nitro groups is 1. The molecular weight excluding hydrogens is 268 g/mol. The lowest BCUT2D eigenvalue weighted by Gasteiger charge is -1.99. The van der Waals surface area contributed by atoms with Crippen LogP contribution in [0.1, 0.15) is 16.1 Å². The van der Waals surface area contributed by atoms with Gasteiger partial charge in [0.25, 0.3) is 10.9 Å². The second kappa shape index (κ2) is 5.66. The van der Waals surface area contributed by atoms with Gasteiger partial charge in [0.1, 0.15) is 6.26 Å². The molecule has 1 heterocycles. The topological polar surface area (TPSA) is 86.2 Å². The van der Waals surface area contributed by atoms with Crippen molar-refractivity contribution in [2.24, 2.45) is 0 Å². The van der Waals surface area contributed by atoms with Crippen LogP contribution >= 0.6 is 11.8 Å². The first-order chi connectivity index (χ1) is 9.06. The molecule has 98 valence electrons. The maximum absolute atomic E-state index is 11.9. The molecular formula is C12H10N2O4S. The van der Waals surface area contributed by atoms with E-state index in [1.807, 2.05) is 0 Å². The third-order valence-electron chi connectivity index (χ3n) is 2.30. The number of thioether (sulfide) groups is 1. The summed E-state index contributed by atoms with van der Waals surface area (Å²) in [4.78, 5) is 26.0. The van der Waals surface area contributed by atoms with E-state index in [1.54, 1.807) is 13.0 Å². The number of hydrogen-bond acceptors (Lipinski definition) is 6.